The standard InChI is InChI=1S/C92H78BN3/c1-91(2,3)71-48-52-82-78(59-71)79-60-72(92(4,5)6)49-53-83(79)94(82)73-41-25-40-67(54-73)68-47-51-84-81(55-68)93-80-50-46-69(61-28-13-7-14-29-61)56-85(80)96(90-76(65-36-21-11-22-37-65)44-27-45-77(90)66-38-23-12-24-39-66)87-58-70(62-30-15-8-16-31-62)57-86(88(87)93)95(84)89-74(63-32-17-9-18-33-63)42-26-43-75(89)64-34-19-10-20-35-64/h7,9-14,17-29,32-60,62H,8,15-16,30-31H2,1-6H3. The van der Waals surface area contributed by atoms with Crippen LogP contribution in [0.4, 0.5) is 34.1 Å². The second-order valence-electron chi connectivity index (χ2n) is 29.0. The van der Waals surface area contributed by atoms with Gasteiger partial charge < -0.3 is 14.4 Å². The predicted molar refractivity (Wildman–Crippen MR) is 411 cm³/mol. The van der Waals surface area contributed by atoms with Gasteiger partial charge in [-0.3, -0.25) is 0 Å². The van der Waals surface area contributed by atoms with E-state index in [-0.39, 0.29) is 17.5 Å². The van der Waals surface area contributed by atoms with E-state index >= 15 is 0 Å². The normalized spacial score (nSPS) is 13.8. The van der Waals surface area contributed by atoms with E-state index in [0.717, 1.165) is 18.5 Å². The van der Waals surface area contributed by atoms with Crippen molar-refractivity contribution in [3.8, 4) is 72.4 Å². The molecule has 1 fully saturated rings. The van der Waals surface area contributed by atoms with Crippen LogP contribution in [0, 0.1) is 0 Å². The van der Waals surface area contributed by atoms with Crippen LogP contribution in [0.1, 0.15) is 96.3 Å². The smallest absolute Gasteiger partial charge is 0.252 e. The molecule has 0 radical (unpaired) electrons. The van der Waals surface area contributed by atoms with Crippen molar-refractivity contribution >= 4 is 79.0 Å². The van der Waals surface area contributed by atoms with Gasteiger partial charge in [0.25, 0.3) is 6.71 Å². The molecule has 3 heterocycles. The number of anilines is 6. The molecule has 14 aromatic rings. The van der Waals surface area contributed by atoms with Crippen LogP contribution in [0.5, 0.6) is 0 Å². The van der Waals surface area contributed by atoms with E-state index in [2.05, 4.69) is 353 Å². The fraction of sp³-hybridized carbons (Fsp3) is 0.152. The third-order valence-corrected chi connectivity index (χ3v) is 21.1. The largest absolute Gasteiger partial charge is 0.310 e. The lowest BCUT2D eigenvalue weighted by atomic mass is 9.33. The zero-order chi connectivity index (χ0) is 64.8. The Bertz CT molecular complexity index is 5100. The summed E-state index contributed by atoms with van der Waals surface area (Å²) in [5.41, 5.74) is 32.9. The van der Waals surface area contributed by atoms with Crippen LogP contribution < -0.4 is 26.2 Å². The Labute approximate surface area is 566 Å². The number of rotatable bonds is 10. The van der Waals surface area contributed by atoms with E-state index in [1.165, 1.54) is 175 Å². The summed E-state index contributed by atoms with van der Waals surface area (Å²) < 4.78 is 2.51. The first-order valence-corrected chi connectivity index (χ1v) is 34.7. The number of fused-ring (bicyclic) bond motifs is 7. The lowest BCUT2D eigenvalue weighted by molar-refractivity contribution is 0.444. The summed E-state index contributed by atoms with van der Waals surface area (Å²) in [7, 11) is 0. The van der Waals surface area contributed by atoms with Crippen LogP contribution in [0.15, 0.2) is 297 Å². The number of para-hydroxylation sites is 2. The highest BCUT2D eigenvalue weighted by Gasteiger charge is 2.46. The van der Waals surface area contributed by atoms with Crippen molar-refractivity contribution in [3.05, 3.63) is 314 Å². The first kappa shape index (κ1) is 59.1. The van der Waals surface area contributed by atoms with E-state index in [0.29, 0.717) is 5.92 Å². The Morgan fingerprint density at radius 3 is 1.21 bits per heavy atom. The van der Waals surface area contributed by atoms with Crippen molar-refractivity contribution in [3.63, 3.8) is 0 Å². The zero-order valence-corrected chi connectivity index (χ0v) is 55.8. The monoisotopic (exact) mass is 1240 g/mol. The SMILES string of the molecule is CC(C)(C)c1ccc2c(c1)c1cc(C(C)(C)C)ccc1n2-c1cccc(-c2ccc3c(c2)B2c4ccc(-c5ccccc5)cc4N(c4c(-c5ccccc5)cccc4-c4ccccc4)c4cc(C5CCCCC5)cc(c42)N3c2c(-c3ccccc3)cccc2-c2ccccc2)c1. The first-order chi connectivity index (χ1) is 46.9. The summed E-state index contributed by atoms with van der Waals surface area (Å²) in [4.78, 5) is 5.45. The maximum absolute atomic E-state index is 2.73. The highest BCUT2D eigenvalue weighted by Crippen LogP contribution is 2.54. The molecule has 0 atom stereocenters. The van der Waals surface area contributed by atoms with Crippen LogP contribution >= 0.6 is 0 Å². The van der Waals surface area contributed by atoms with Gasteiger partial charge in [0.05, 0.1) is 22.4 Å². The van der Waals surface area contributed by atoms with Crippen molar-refractivity contribution in [2.45, 2.75) is 90.4 Å². The van der Waals surface area contributed by atoms with E-state index in [1.807, 2.05) is 0 Å². The Morgan fingerprint density at radius 2 is 0.729 bits per heavy atom. The molecule has 0 N–H and O–H groups in total. The summed E-state index contributed by atoms with van der Waals surface area (Å²) in [6.45, 7) is 13.8. The Kier molecular flexibility index (Phi) is 14.6. The van der Waals surface area contributed by atoms with E-state index in [4.69, 9.17) is 0 Å². The maximum atomic E-state index is 2.73. The van der Waals surface area contributed by atoms with Crippen molar-refractivity contribution < 1.29 is 0 Å². The molecule has 1 aliphatic carbocycles. The van der Waals surface area contributed by atoms with Gasteiger partial charge in [-0.2, -0.15) is 0 Å². The van der Waals surface area contributed by atoms with Gasteiger partial charge in [0.15, 0.2) is 0 Å². The van der Waals surface area contributed by atoms with Gasteiger partial charge in [-0.15, -0.1) is 0 Å². The van der Waals surface area contributed by atoms with Crippen LogP contribution in [-0.4, -0.2) is 11.3 Å². The number of aromatic nitrogens is 1. The summed E-state index contributed by atoms with van der Waals surface area (Å²) in [5, 5.41) is 2.58. The minimum atomic E-state index is -0.166. The fourth-order valence-electron chi connectivity index (χ4n) is 16.2. The lowest BCUT2D eigenvalue weighted by Gasteiger charge is -2.46. The van der Waals surface area contributed by atoms with E-state index in [9.17, 15) is 0 Å². The molecule has 4 heteroatoms. The van der Waals surface area contributed by atoms with Crippen LogP contribution in [0.2, 0.25) is 0 Å². The molecular weight excluding hydrogens is 1160 g/mol. The molecule has 0 spiro atoms. The molecule has 0 amide bonds. The molecule has 3 nitrogen and oxygen atoms in total. The topological polar surface area (TPSA) is 11.4 Å². The van der Waals surface area contributed by atoms with Gasteiger partial charge in [0.2, 0.25) is 0 Å². The summed E-state index contributed by atoms with van der Waals surface area (Å²) in [6, 6.07) is 113. The quantitative estimate of drug-likeness (QED) is 0.126. The molecule has 2 aliphatic heterocycles. The summed E-state index contributed by atoms with van der Waals surface area (Å²) in [5.74, 6) is 0.391. The summed E-state index contributed by atoms with van der Waals surface area (Å²) >= 11 is 0. The molecule has 0 unspecified atom stereocenters. The highest BCUT2D eigenvalue weighted by molar-refractivity contribution is 7.00. The number of hydrogen-bond donors (Lipinski definition) is 0. The molecule has 0 bridgehead atoms. The third-order valence-electron chi connectivity index (χ3n) is 21.1. The Balaban J connectivity index is 0.980. The molecule has 3 aliphatic rings. The molecule has 17 rings (SSSR count). The van der Waals surface area contributed by atoms with Gasteiger partial charge in [-0.05, 0) is 168 Å². The van der Waals surface area contributed by atoms with E-state index in [1.54, 1.807) is 0 Å². The fourth-order valence-corrected chi connectivity index (χ4v) is 16.2. The van der Waals surface area contributed by atoms with Crippen LogP contribution in [0.3, 0.4) is 0 Å². The predicted octanol–water partition coefficient (Wildman–Crippen LogP) is 23.5. The third kappa shape index (κ3) is 10.2. The number of nitrogens with zero attached hydrogens (tertiary/aromatic N) is 3. The van der Waals surface area contributed by atoms with Gasteiger partial charge in [0.1, 0.15) is 0 Å². The van der Waals surface area contributed by atoms with Gasteiger partial charge in [-0.25, -0.2) is 0 Å². The molecule has 464 valence electrons. The average Bonchev–Trinajstić information content (AvgIpc) is 0.858. The van der Waals surface area contributed by atoms with Crippen molar-refractivity contribution in [2.75, 3.05) is 9.80 Å². The van der Waals surface area contributed by atoms with Crippen LogP contribution in [0.25, 0.3) is 94.3 Å². The number of hydrogen-bond acceptors (Lipinski definition) is 2. The van der Waals surface area contributed by atoms with Gasteiger partial charge >= 0.3 is 0 Å². The van der Waals surface area contributed by atoms with Crippen molar-refractivity contribution in [2.24, 2.45) is 0 Å². The van der Waals surface area contributed by atoms with E-state index < -0.39 is 0 Å². The lowest BCUT2D eigenvalue weighted by Crippen LogP contribution is -2.61. The number of benzene rings is 13. The second-order valence-corrected chi connectivity index (χ2v) is 29.0. The van der Waals surface area contributed by atoms with Gasteiger partial charge in [0, 0.05) is 61.5 Å². The average molecular weight is 1240 g/mol. The van der Waals surface area contributed by atoms with Crippen molar-refractivity contribution in [1.29, 1.82) is 0 Å². The molecule has 1 saturated carbocycles. The van der Waals surface area contributed by atoms with Gasteiger partial charge in [-0.1, -0.05) is 297 Å². The molecular formula is C92H78BN3. The second kappa shape index (κ2) is 23.7. The zero-order valence-electron chi connectivity index (χ0n) is 55.8. The Hall–Kier alpha value is -10.7. The molecule has 1 aromatic heterocycles. The van der Waals surface area contributed by atoms with Crippen LogP contribution in [-0.2, 0) is 10.8 Å². The highest BCUT2D eigenvalue weighted by atomic mass is 15.2. The molecule has 13 aromatic carbocycles. The van der Waals surface area contributed by atoms with Crippen molar-refractivity contribution in [1.82, 2.24) is 4.57 Å². The Morgan fingerprint density at radius 1 is 0.312 bits per heavy atom. The first-order valence-electron chi connectivity index (χ1n) is 34.7. The molecule has 0 saturated heterocycles. The maximum Gasteiger partial charge on any atom is 0.252 e. The minimum Gasteiger partial charge on any atom is -0.310 e. The summed E-state index contributed by atoms with van der Waals surface area (Å²) in [6.07, 6.45) is 6.03. The minimum absolute atomic E-state index is 0.00302. The molecule has 96 heavy (non-hydrogen) atoms.